The van der Waals surface area contributed by atoms with Gasteiger partial charge in [-0.3, -0.25) is 9.59 Å². The molecule has 0 aliphatic carbocycles. The van der Waals surface area contributed by atoms with E-state index in [1.165, 1.54) is 6.92 Å². The number of nitrogens with one attached hydrogen (secondary N) is 1. The fraction of sp³-hybridized carbons (Fsp3) is 0.625. The van der Waals surface area contributed by atoms with Crippen molar-refractivity contribution in [1.29, 1.82) is 0 Å². The molecule has 0 radical (unpaired) electrons. The Morgan fingerprint density at radius 1 is 1.33 bits per heavy atom. The zero-order valence-electron chi connectivity index (χ0n) is 8.12. The summed E-state index contributed by atoms with van der Waals surface area (Å²) in [4.78, 5) is 32.0. The number of hydrogen-bond acceptors (Lipinski definition) is 3. The predicted molar refractivity (Wildman–Crippen MR) is 51.8 cm³/mol. The van der Waals surface area contributed by atoms with Crippen LogP contribution in [0.1, 0.15) is 19.8 Å². The molecule has 1 amide bonds. The standard InChI is InChI=1S/C8H12ClNO5/c1-8(7(14)15,3-2-6(12)13)10-5(11)4-9/h2-4H2,1H3,(H,10,11)(H,12,13)(H,14,15). The second-order valence-corrected chi connectivity index (χ2v) is 3.48. The maximum Gasteiger partial charge on any atom is 0.329 e. The third kappa shape index (κ3) is 4.64. The summed E-state index contributed by atoms with van der Waals surface area (Å²) >= 11 is 5.20. The SMILES string of the molecule is CC(CCC(=O)O)(NC(=O)CCl)C(=O)O. The first-order valence-corrected chi connectivity index (χ1v) is 4.67. The van der Waals surface area contributed by atoms with Gasteiger partial charge in [0.15, 0.2) is 0 Å². The van der Waals surface area contributed by atoms with E-state index in [9.17, 15) is 14.4 Å². The van der Waals surface area contributed by atoms with Crippen LogP contribution in [0.2, 0.25) is 0 Å². The zero-order valence-corrected chi connectivity index (χ0v) is 8.87. The van der Waals surface area contributed by atoms with Crippen molar-refractivity contribution in [2.45, 2.75) is 25.3 Å². The van der Waals surface area contributed by atoms with Crippen molar-refractivity contribution < 1.29 is 24.6 Å². The van der Waals surface area contributed by atoms with Crippen molar-refractivity contribution in [3.63, 3.8) is 0 Å². The highest BCUT2D eigenvalue weighted by atomic mass is 35.5. The molecule has 0 rings (SSSR count). The summed E-state index contributed by atoms with van der Waals surface area (Å²) in [7, 11) is 0. The van der Waals surface area contributed by atoms with Crippen molar-refractivity contribution in [1.82, 2.24) is 5.32 Å². The van der Waals surface area contributed by atoms with Crippen molar-refractivity contribution in [2.24, 2.45) is 0 Å². The Balaban J connectivity index is 4.52. The van der Waals surface area contributed by atoms with Crippen LogP contribution in [0.5, 0.6) is 0 Å². The molecule has 86 valence electrons. The lowest BCUT2D eigenvalue weighted by atomic mass is 9.96. The van der Waals surface area contributed by atoms with Crippen LogP contribution in [0, 0.1) is 0 Å². The van der Waals surface area contributed by atoms with Crippen molar-refractivity contribution in [3.8, 4) is 0 Å². The molecule has 0 aliphatic heterocycles. The van der Waals surface area contributed by atoms with Crippen molar-refractivity contribution in [3.05, 3.63) is 0 Å². The quantitative estimate of drug-likeness (QED) is 0.567. The van der Waals surface area contributed by atoms with Gasteiger partial charge < -0.3 is 15.5 Å². The molecular formula is C8H12ClNO5. The Kier molecular flexibility index (Phi) is 5.07. The Bertz CT molecular complexity index is 280. The van der Waals surface area contributed by atoms with E-state index in [2.05, 4.69) is 5.32 Å². The minimum Gasteiger partial charge on any atom is -0.481 e. The van der Waals surface area contributed by atoms with E-state index in [1.54, 1.807) is 0 Å². The zero-order chi connectivity index (χ0) is 12.1. The average molecular weight is 238 g/mol. The van der Waals surface area contributed by atoms with Crippen LogP contribution in [-0.4, -0.2) is 39.5 Å². The van der Waals surface area contributed by atoms with Gasteiger partial charge in [0.2, 0.25) is 5.91 Å². The normalized spacial score (nSPS) is 14.0. The molecule has 3 N–H and O–H groups in total. The number of rotatable bonds is 6. The first-order valence-electron chi connectivity index (χ1n) is 4.14. The molecule has 0 saturated heterocycles. The van der Waals surface area contributed by atoms with Gasteiger partial charge in [-0.25, -0.2) is 4.79 Å². The van der Waals surface area contributed by atoms with Gasteiger partial charge in [-0.05, 0) is 13.3 Å². The van der Waals surface area contributed by atoms with Gasteiger partial charge in [-0.1, -0.05) is 0 Å². The van der Waals surface area contributed by atoms with Crippen molar-refractivity contribution >= 4 is 29.4 Å². The molecular weight excluding hydrogens is 226 g/mol. The van der Waals surface area contributed by atoms with Gasteiger partial charge in [-0.2, -0.15) is 0 Å². The van der Waals surface area contributed by atoms with E-state index in [1.807, 2.05) is 0 Å². The van der Waals surface area contributed by atoms with Crippen LogP contribution in [0.25, 0.3) is 0 Å². The summed E-state index contributed by atoms with van der Waals surface area (Å²) < 4.78 is 0. The van der Waals surface area contributed by atoms with Gasteiger partial charge in [0.25, 0.3) is 0 Å². The second-order valence-electron chi connectivity index (χ2n) is 3.21. The number of halogens is 1. The lowest BCUT2D eigenvalue weighted by molar-refractivity contribution is -0.147. The molecule has 0 spiro atoms. The number of aliphatic carboxylic acids is 2. The number of carboxylic acids is 2. The molecule has 0 aromatic heterocycles. The highest BCUT2D eigenvalue weighted by Gasteiger charge is 2.34. The van der Waals surface area contributed by atoms with Crippen LogP contribution >= 0.6 is 11.6 Å². The van der Waals surface area contributed by atoms with Crippen LogP contribution < -0.4 is 5.32 Å². The molecule has 0 aromatic carbocycles. The van der Waals surface area contributed by atoms with E-state index >= 15 is 0 Å². The summed E-state index contributed by atoms with van der Waals surface area (Å²) in [6, 6.07) is 0. The van der Waals surface area contributed by atoms with Gasteiger partial charge in [0, 0.05) is 6.42 Å². The summed E-state index contributed by atoms with van der Waals surface area (Å²) in [5, 5.41) is 19.4. The number of amides is 1. The van der Waals surface area contributed by atoms with Gasteiger partial charge in [0.05, 0.1) is 0 Å². The third-order valence-electron chi connectivity index (χ3n) is 1.85. The first-order chi connectivity index (χ1) is 6.81. The lowest BCUT2D eigenvalue weighted by Gasteiger charge is -2.25. The molecule has 0 aromatic rings. The van der Waals surface area contributed by atoms with E-state index < -0.39 is 23.4 Å². The minimum absolute atomic E-state index is 0.194. The fourth-order valence-corrected chi connectivity index (χ4v) is 0.988. The molecule has 7 heteroatoms. The number of carbonyl (C=O) groups excluding carboxylic acids is 1. The molecule has 1 unspecified atom stereocenters. The largest absolute Gasteiger partial charge is 0.481 e. The van der Waals surface area contributed by atoms with Gasteiger partial charge >= 0.3 is 11.9 Å². The molecule has 6 nitrogen and oxygen atoms in total. The first kappa shape index (κ1) is 13.7. The number of carboxylic acid groups (broad SMARTS) is 2. The van der Waals surface area contributed by atoms with Crippen LogP contribution in [0.3, 0.4) is 0 Å². The van der Waals surface area contributed by atoms with Crippen LogP contribution in [-0.2, 0) is 14.4 Å². The molecule has 15 heavy (non-hydrogen) atoms. The molecule has 1 atom stereocenters. The molecule has 0 heterocycles. The topological polar surface area (TPSA) is 104 Å². The number of hydrogen-bond donors (Lipinski definition) is 3. The summed E-state index contributed by atoms with van der Waals surface area (Å²) in [6.45, 7) is 1.24. The van der Waals surface area contributed by atoms with Crippen molar-refractivity contribution in [2.75, 3.05) is 5.88 Å². The maximum atomic E-state index is 10.9. The Morgan fingerprint density at radius 3 is 2.20 bits per heavy atom. The Labute approximate surface area is 91.2 Å². The second kappa shape index (κ2) is 5.55. The summed E-state index contributed by atoms with van der Waals surface area (Å²) in [5.41, 5.74) is -1.59. The van der Waals surface area contributed by atoms with Gasteiger partial charge in [0.1, 0.15) is 11.4 Å². The monoisotopic (exact) mass is 237 g/mol. The fourth-order valence-electron chi connectivity index (χ4n) is 0.921. The van der Waals surface area contributed by atoms with E-state index in [0.717, 1.165) is 0 Å². The predicted octanol–water partition coefficient (Wildman–Crippen LogP) is 0.0495. The Morgan fingerprint density at radius 2 is 1.87 bits per heavy atom. The highest BCUT2D eigenvalue weighted by molar-refractivity contribution is 6.27. The molecule has 0 aliphatic rings. The molecule has 0 bridgehead atoms. The lowest BCUT2D eigenvalue weighted by Crippen LogP contribution is -2.52. The van der Waals surface area contributed by atoms with Crippen LogP contribution in [0.15, 0.2) is 0 Å². The van der Waals surface area contributed by atoms with Gasteiger partial charge in [-0.15, -0.1) is 11.6 Å². The Hall–Kier alpha value is -1.30. The summed E-state index contributed by atoms with van der Waals surface area (Å²) in [6.07, 6.45) is -0.536. The average Bonchev–Trinajstić information content (AvgIpc) is 2.14. The smallest absolute Gasteiger partial charge is 0.329 e. The van der Waals surface area contributed by atoms with E-state index in [-0.39, 0.29) is 18.7 Å². The number of carbonyl (C=O) groups is 3. The molecule has 0 saturated carbocycles. The highest BCUT2D eigenvalue weighted by Crippen LogP contribution is 2.13. The third-order valence-corrected chi connectivity index (χ3v) is 2.09. The number of alkyl halides is 1. The van der Waals surface area contributed by atoms with E-state index in [4.69, 9.17) is 21.8 Å². The molecule has 0 fully saturated rings. The van der Waals surface area contributed by atoms with E-state index in [0.29, 0.717) is 0 Å². The van der Waals surface area contributed by atoms with Crippen LogP contribution in [0.4, 0.5) is 0 Å². The maximum absolute atomic E-state index is 10.9. The minimum atomic E-state index is -1.59. The summed E-state index contributed by atoms with van der Waals surface area (Å²) in [5.74, 6) is -3.42.